The second kappa shape index (κ2) is 10.6. The van der Waals surface area contributed by atoms with Crippen molar-refractivity contribution in [1.29, 1.82) is 0 Å². The summed E-state index contributed by atoms with van der Waals surface area (Å²) in [6, 6.07) is 56.3. The van der Waals surface area contributed by atoms with Gasteiger partial charge in [-0.15, -0.1) is 11.3 Å². The second-order valence-electron chi connectivity index (χ2n) is 13.8. The first kappa shape index (κ1) is 28.1. The Morgan fingerprint density at radius 1 is 0.540 bits per heavy atom. The summed E-state index contributed by atoms with van der Waals surface area (Å²) in [5.74, 6) is 1.48. The molecule has 8 aromatic carbocycles. The molecule has 0 bridgehead atoms. The summed E-state index contributed by atoms with van der Waals surface area (Å²) >= 11 is 1.92. The van der Waals surface area contributed by atoms with Crippen LogP contribution in [0.2, 0.25) is 0 Å². The quantitative estimate of drug-likeness (QED) is 0.165. The van der Waals surface area contributed by atoms with Gasteiger partial charge in [0.1, 0.15) is 5.84 Å². The molecule has 50 heavy (non-hydrogen) atoms. The second-order valence-corrected chi connectivity index (χ2v) is 14.9. The van der Waals surface area contributed by atoms with Crippen LogP contribution in [0.25, 0.3) is 75.0 Å². The van der Waals surface area contributed by atoms with E-state index < -0.39 is 0 Å². The largest absolute Gasteiger partial charge is 0.297 e. The SMILES string of the molecule is CCC1C(n2c3cc4ccccc4cc3c3c4ccccc4ccc32)=Nc2c(sc3ccccc23)C1c1ccc2c(ccc3ccccc32)c1. The Morgan fingerprint density at radius 3 is 2.00 bits per heavy atom. The summed E-state index contributed by atoms with van der Waals surface area (Å²) in [6.45, 7) is 2.35. The maximum atomic E-state index is 5.76. The van der Waals surface area contributed by atoms with Crippen molar-refractivity contribution >= 4 is 97.8 Å². The van der Waals surface area contributed by atoms with Crippen LogP contribution in [0.15, 0.2) is 157 Å². The van der Waals surface area contributed by atoms with Gasteiger partial charge in [0.05, 0.1) is 16.7 Å². The highest BCUT2D eigenvalue weighted by molar-refractivity contribution is 7.20. The lowest BCUT2D eigenvalue weighted by Crippen LogP contribution is -2.30. The minimum Gasteiger partial charge on any atom is -0.297 e. The van der Waals surface area contributed by atoms with E-state index in [0.29, 0.717) is 0 Å². The highest BCUT2D eigenvalue weighted by atomic mass is 32.1. The lowest BCUT2D eigenvalue weighted by atomic mass is 9.79. The molecule has 236 valence electrons. The number of aromatic nitrogens is 1. The summed E-state index contributed by atoms with van der Waals surface area (Å²) in [5, 5.41) is 14.1. The number of nitrogens with zero attached hydrogens (tertiary/aromatic N) is 2. The van der Waals surface area contributed by atoms with Crippen molar-refractivity contribution in [2.24, 2.45) is 10.9 Å². The molecule has 2 aromatic heterocycles. The van der Waals surface area contributed by atoms with E-state index in [1.807, 2.05) is 11.3 Å². The zero-order chi connectivity index (χ0) is 32.9. The summed E-state index contributed by atoms with van der Waals surface area (Å²) in [5.41, 5.74) is 4.93. The third-order valence-corrected chi connectivity index (χ3v) is 12.4. The molecule has 1 aliphatic rings. The lowest BCUT2D eigenvalue weighted by Gasteiger charge is -2.33. The highest BCUT2D eigenvalue weighted by Gasteiger charge is 2.38. The van der Waals surface area contributed by atoms with Crippen LogP contribution in [0.1, 0.15) is 29.7 Å². The third-order valence-electron chi connectivity index (χ3n) is 11.2. The minimum atomic E-state index is 0.171. The van der Waals surface area contributed by atoms with Gasteiger partial charge in [0, 0.05) is 37.6 Å². The van der Waals surface area contributed by atoms with Gasteiger partial charge in [0.2, 0.25) is 0 Å². The normalized spacial score (nSPS) is 16.3. The van der Waals surface area contributed by atoms with Crippen LogP contribution in [-0.2, 0) is 0 Å². The first-order chi connectivity index (χ1) is 24.7. The minimum absolute atomic E-state index is 0.171. The topological polar surface area (TPSA) is 17.3 Å². The summed E-state index contributed by atoms with van der Waals surface area (Å²) in [7, 11) is 0. The lowest BCUT2D eigenvalue weighted by molar-refractivity contribution is 0.573. The van der Waals surface area contributed by atoms with E-state index >= 15 is 0 Å². The van der Waals surface area contributed by atoms with E-state index in [4.69, 9.17) is 4.99 Å². The van der Waals surface area contributed by atoms with Gasteiger partial charge in [0.15, 0.2) is 0 Å². The van der Waals surface area contributed by atoms with Crippen molar-refractivity contribution in [3.05, 3.63) is 162 Å². The van der Waals surface area contributed by atoms with Crippen molar-refractivity contribution in [1.82, 2.24) is 4.57 Å². The van der Waals surface area contributed by atoms with E-state index in [0.717, 1.165) is 17.9 Å². The molecule has 0 N–H and O–H groups in total. The maximum Gasteiger partial charge on any atom is 0.118 e. The molecule has 2 atom stereocenters. The Morgan fingerprint density at radius 2 is 1.18 bits per heavy atom. The Bertz CT molecular complexity index is 3050. The molecule has 0 fully saturated rings. The number of thiophene rings is 1. The fourth-order valence-corrected chi connectivity index (χ4v) is 10.2. The fraction of sp³-hybridized carbons (Fsp3) is 0.0851. The Labute approximate surface area is 293 Å². The standard InChI is InChI=1S/C47H32N2S/c1-2-34-43(33-21-23-36-32(25-33)20-19-28-11-5-7-15-35(28)36)46-45(38-17-9-10-18-42(38)50-46)48-47(34)49-40-24-22-29-12-6-8-16-37(29)44(40)39-26-30-13-3-4-14-31(30)27-41(39)49/h3-27,34,43H,2H2,1H3. The molecular weight excluding hydrogens is 625 g/mol. The number of fused-ring (bicyclic) bond motifs is 12. The van der Waals surface area contributed by atoms with Crippen LogP contribution in [0.5, 0.6) is 0 Å². The molecule has 11 rings (SSSR count). The predicted octanol–water partition coefficient (Wildman–Crippen LogP) is 13.4. The smallest absolute Gasteiger partial charge is 0.118 e. The molecule has 2 nitrogen and oxygen atoms in total. The van der Waals surface area contributed by atoms with Gasteiger partial charge in [-0.1, -0.05) is 134 Å². The van der Waals surface area contributed by atoms with Gasteiger partial charge in [-0.2, -0.15) is 0 Å². The molecule has 1 aliphatic heterocycles. The first-order valence-corrected chi connectivity index (χ1v) is 18.4. The zero-order valence-corrected chi connectivity index (χ0v) is 28.4. The monoisotopic (exact) mass is 656 g/mol. The maximum absolute atomic E-state index is 5.76. The number of benzene rings is 8. The van der Waals surface area contributed by atoms with Crippen molar-refractivity contribution in [3.8, 4) is 0 Å². The van der Waals surface area contributed by atoms with E-state index in [1.54, 1.807) is 0 Å². The van der Waals surface area contributed by atoms with Gasteiger partial charge >= 0.3 is 0 Å². The average molecular weight is 657 g/mol. The van der Waals surface area contributed by atoms with E-state index in [9.17, 15) is 0 Å². The van der Waals surface area contributed by atoms with E-state index in [1.165, 1.54) is 85.4 Å². The first-order valence-electron chi connectivity index (χ1n) is 17.6. The summed E-state index contributed by atoms with van der Waals surface area (Å²) in [6.07, 6.45) is 0.968. The van der Waals surface area contributed by atoms with Crippen LogP contribution < -0.4 is 0 Å². The summed E-state index contributed by atoms with van der Waals surface area (Å²) in [4.78, 5) is 7.13. The summed E-state index contributed by atoms with van der Waals surface area (Å²) < 4.78 is 3.82. The zero-order valence-electron chi connectivity index (χ0n) is 27.6. The Balaban J connectivity index is 1.24. The van der Waals surface area contributed by atoms with Gasteiger partial charge in [0.25, 0.3) is 0 Å². The van der Waals surface area contributed by atoms with Crippen molar-refractivity contribution in [3.63, 3.8) is 0 Å². The van der Waals surface area contributed by atoms with Gasteiger partial charge in [-0.3, -0.25) is 4.57 Å². The third kappa shape index (κ3) is 3.93. The molecule has 0 saturated heterocycles. The number of rotatable bonds is 2. The van der Waals surface area contributed by atoms with Gasteiger partial charge < -0.3 is 0 Å². The molecule has 3 heterocycles. The van der Waals surface area contributed by atoms with Crippen molar-refractivity contribution < 1.29 is 0 Å². The number of aliphatic imine (C=N–C) groups is 1. The molecule has 0 radical (unpaired) electrons. The van der Waals surface area contributed by atoms with E-state index in [2.05, 4.69) is 163 Å². The van der Waals surface area contributed by atoms with Crippen LogP contribution in [0, 0.1) is 5.92 Å². The molecule has 0 amide bonds. The van der Waals surface area contributed by atoms with Crippen molar-refractivity contribution in [2.75, 3.05) is 0 Å². The molecule has 3 heteroatoms. The average Bonchev–Trinajstić information content (AvgIpc) is 3.71. The molecular formula is C47H32N2S. The predicted molar refractivity (Wildman–Crippen MR) is 216 cm³/mol. The molecule has 2 unspecified atom stereocenters. The van der Waals surface area contributed by atoms with Crippen LogP contribution in [0.3, 0.4) is 0 Å². The number of hydrogen-bond acceptors (Lipinski definition) is 2. The number of hydrogen-bond donors (Lipinski definition) is 0. The van der Waals surface area contributed by atoms with Gasteiger partial charge in [-0.25, -0.2) is 4.99 Å². The highest BCUT2D eigenvalue weighted by Crippen LogP contribution is 2.52. The van der Waals surface area contributed by atoms with Crippen LogP contribution in [-0.4, -0.2) is 10.4 Å². The molecule has 10 aromatic rings. The fourth-order valence-electron chi connectivity index (χ4n) is 8.87. The Kier molecular flexibility index (Phi) is 5.97. The van der Waals surface area contributed by atoms with Crippen LogP contribution >= 0.6 is 11.3 Å². The molecule has 0 spiro atoms. The van der Waals surface area contributed by atoms with E-state index in [-0.39, 0.29) is 11.8 Å². The van der Waals surface area contributed by atoms with Crippen LogP contribution in [0.4, 0.5) is 5.69 Å². The molecule has 0 saturated carbocycles. The van der Waals surface area contributed by atoms with Crippen molar-refractivity contribution in [2.45, 2.75) is 19.3 Å². The van der Waals surface area contributed by atoms with Gasteiger partial charge in [-0.05, 0) is 79.3 Å². The molecule has 0 aliphatic carbocycles. The Hall–Kier alpha value is -5.77.